The van der Waals surface area contributed by atoms with Crippen molar-refractivity contribution < 1.29 is 4.74 Å². The Bertz CT molecular complexity index is 607. The summed E-state index contributed by atoms with van der Waals surface area (Å²) in [5.41, 5.74) is 1.12. The van der Waals surface area contributed by atoms with Crippen LogP contribution in [0, 0.1) is 0 Å². The molecule has 0 saturated heterocycles. The number of hydrogen-bond acceptors (Lipinski definition) is 3. The molecule has 112 valence electrons. The van der Waals surface area contributed by atoms with Crippen LogP contribution in [0.1, 0.15) is 24.2 Å². The summed E-state index contributed by atoms with van der Waals surface area (Å²) in [7, 11) is 2.00. The molecule has 21 heavy (non-hydrogen) atoms. The highest BCUT2D eigenvalue weighted by Crippen LogP contribution is 2.25. The predicted octanol–water partition coefficient (Wildman–Crippen LogP) is 2.95. The Morgan fingerprint density at radius 3 is 3.00 bits per heavy atom. The van der Waals surface area contributed by atoms with Gasteiger partial charge in [-0.15, -0.1) is 0 Å². The number of imidazole rings is 1. The van der Waals surface area contributed by atoms with Gasteiger partial charge in [-0.1, -0.05) is 11.6 Å². The van der Waals surface area contributed by atoms with E-state index >= 15 is 0 Å². The van der Waals surface area contributed by atoms with Crippen molar-refractivity contribution in [1.82, 2.24) is 14.9 Å². The Kier molecular flexibility index (Phi) is 4.46. The number of halogens is 1. The first kappa shape index (κ1) is 14.4. The summed E-state index contributed by atoms with van der Waals surface area (Å²) in [5, 5.41) is 4.25. The van der Waals surface area contributed by atoms with Gasteiger partial charge in [-0.05, 0) is 31.0 Å². The van der Waals surface area contributed by atoms with Crippen LogP contribution in [0.15, 0.2) is 30.6 Å². The van der Waals surface area contributed by atoms with Crippen LogP contribution in [-0.4, -0.2) is 22.2 Å². The van der Waals surface area contributed by atoms with E-state index in [2.05, 4.69) is 10.3 Å². The minimum atomic E-state index is 0.614. The number of nitrogens with zero attached hydrogens (tertiary/aromatic N) is 2. The minimum Gasteiger partial charge on any atom is -0.493 e. The maximum Gasteiger partial charge on any atom is 0.123 e. The Balaban J connectivity index is 1.59. The third-order valence-corrected chi connectivity index (χ3v) is 3.92. The highest BCUT2D eigenvalue weighted by Gasteiger charge is 2.20. The van der Waals surface area contributed by atoms with Gasteiger partial charge in [0.25, 0.3) is 0 Å². The maximum absolute atomic E-state index is 6.09. The van der Waals surface area contributed by atoms with Crippen LogP contribution in [-0.2, 0) is 20.0 Å². The van der Waals surface area contributed by atoms with E-state index in [0.29, 0.717) is 12.6 Å². The van der Waals surface area contributed by atoms with E-state index in [1.165, 1.54) is 12.8 Å². The molecule has 1 aromatic heterocycles. The second-order valence-electron chi connectivity index (χ2n) is 5.46. The lowest BCUT2D eigenvalue weighted by molar-refractivity contribution is 0.313. The van der Waals surface area contributed by atoms with Gasteiger partial charge in [0, 0.05) is 49.0 Å². The summed E-state index contributed by atoms with van der Waals surface area (Å²) < 4.78 is 7.94. The van der Waals surface area contributed by atoms with Gasteiger partial charge in [-0.2, -0.15) is 0 Å². The summed E-state index contributed by atoms with van der Waals surface area (Å²) in [4.78, 5) is 4.30. The summed E-state index contributed by atoms with van der Waals surface area (Å²) >= 11 is 6.09. The molecule has 0 aliphatic heterocycles. The predicted molar refractivity (Wildman–Crippen MR) is 83.7 cm³/mol. The molecule has 5 heteroatoms. The SMILES string of the molecule is Cn1ccnc1CCOc1ccc(Cl)cc1CNC1CC1. The van der Waals surface area contributed by atoms with Crippen LogP contribution in [0.5, 0.6) is 5.75 Å². The lowest BCUT2D eigenvalue weighted by Gasteiger charge is -2.12. The molecule has 3 rings (SSSR count). The van der Waals surface area contributed by atoms with Crippen molar-refractivity contribution >= 4 is 11.6 Å². The van der Waals surface area contributed by atoms with Crippen molar-refractivity contribution in [3.63, 3.8) is 0 Å². The molecular weight excluding hydrogens is 286 g/mol. The number of aryl methyl sites for hydroxylation is 1. The number of rotatable bonds is 7. The summed E-state index contributed by atoms with van der Waals surface area (Å²) in [6, 6.07) is 6.47. The van der Waals surface area contributed by atoms with Crippen LogP contribution in [0.2, 0.25) is 5.02 Å². The van der Waals surface area contributed by atoms with Gasteiger partial charge in [-0.25, -0.2) is 4.98 Å². The Hall–Kier alpha value is -1.52. The average Bonchev–Trinajstić information content (AvgIpc) is 3.21. The van der Waals surface area contributed by atoms with Crippen LogP contribution < -0.4 is 10.1 Å². The van der Waals surface area contributed by atoms with Gasteiger partial charge < -0.3 is 14.6 Å². The quantitative estimate of drug-likeness (QED) is 0.855. The Labute approximate surface area is 130 Å². The van der Waals surface area contributed by atoms with Crippen molar-refractivity contribution in [3.05, 3.63) is 47.0 Å². The van der Waals surface area contributed by atoms with Crippen molar-refractivity contribution in [2.75, 3.05) is 6.61 Å². The zero-order valence-electron chi connectivity index (χ0n) is 12.2. The first-order chi connectivity index (χ1) is 10.2. The number of ether oxygens (including phenoxy) is 1. The van der Waals surface area contributed by atoms with E-state index in [-0.39, 0.29) is 0 Å². The molecule has 1 aliphatic carbocycles. The standard InChI is InChI=1S/C16H20ClN3O/c1-20-8-7-18-16(20)6-9-21-15-5-2-13(17)10-12(15)11-19-14-3-4-14/h2,5,7-8,10,14,19H,3-4,6,9,11H2,1H3. The number of benzene rings is 1. The van der Waals surface area contributed by atoms with Crippen molar-refractivity contribution in [1.29, 1.82) is 0 Å². The third kappa shape index (κ3) is 3.99. The first-order valence-corrected chi connectivity index (χ1v) is 7.71. The molecule has 0 unspecified atom stereocenters. The first-order valence-electron chi connectivity index (χ1n) is 7.33. The normalized spacial score (nSPS) is 14.4. The van der Waals surface area contributed by atoms with Gasteiger partial charge in [0.2, 0.25) is 0 Å². The zero-order valence-corrected chi connectivity index (χ0v) is 12.9. The molecule has 0 bridgehead atoms. The van der Waals surface area contributed by atoms with Crippen LogP contribution in [0.25, 0.3) is 0 Å². The lowest BCUT2D eigenvalue weighted by Crippen LogP contribution is -2.16. The summed E-state index contributed by atoms with van der Waals surface area (Å²) in [6.45, 7) is 1.42. The van der Waals surface area contributed by atoms with E-state index < -0.39 is 0 Å². The molecule has 1 aliphatic rings. The van der Waals surface area contributed by atoms with Crippen LogP contribution in [0.4, 0.5) is 0 Å². The maximum atomic E-state index is 6.09. The van der Waals surface area contributed by atoms with Crippen molar-refractivity contribution in [2.24, 2.45) is 7.05 Å². The van der Waals surface area contributed by atoms with Gasteiger partial charge >= 0.3 is 0 Å². The molecule has 1 heterocycles. The minimum absolute atomic E-state index is 0.614. The average molecular weight is 306 g/mol. The van der Waals surface area contributed by atoms with Gasteiger partial charge in [0.15, 0.2) is 0 Å². The summed E-state index contributed by atoms with van der Waals surface area (Å²) in [6.07, 6.45) is 7.10. The monoisotopic (exact) mass is 305 g/mol. The van der Waals surface area contributed by atoms with Gasteiger partial charge in [0.05, 0.1) is 6.61 Å². The van der Waals surface area contributed by atoms with E-state index in [4.69, 9.17) is 16.3 Å². The molecular formula is C16H20ClN3O. The van der Waals surface area contributed by atoms with Gasteiger partial charge in [0.1, 0.15) is 11.6 Å². The largest absolute Gasteiger partial charge is 0.493 e. The fraction of sp³-hybridized carbons (Fsp3) is 0.438. The smallest absolute Gasteiger partial charge is 0.123 e. The molecule has 4 nitrogen and oxygen atoms in total. The van der Waals surface area contributed by atoms with E-state index in [1.807, 2.05) is 42.2 Å². The fourth-order valence-corrected chi connectivity index (χ4v) is 2.45. The molecule has 0 spiro atoms. The molecule has 1 N–H and O–H groups in total. The number of aromatic nitrogens is 2. The van der Waals surface area contributed by atoms with Gasteiger partial charge in [-0.3, -0.25) is 0 Å². The molecule has 0 amide bonds. The van der Waals surface area contributed by atoms with Crippen LogP contribution in [0.3, 0.4) is 0 Å². The molecule has 0 radical (unpaired) electrons. The highest BCUT2D eigenvalue weighted by molar-refractivity contribution is 6.30. The van der Waals surface area contributed by atoms with E-state index in [0.717, 1.165) is 35.1 Å². The van der Waals surface area contributed by atoms with Crippen molar-refractivity contribution in [2.45, 2.75) is 31.8 Å². The highest BCUT2D eigenvalue weighted by atomic mass is 35.5. The third-order valence-electron chi connectivity index (χ3n) is 3.69. The van der Waals surface area contributed by atoms with Crippen LogP contribution >= 0.6 is 11.6 Å². The molecule has 0 atom stereocenters. The molecule has 1 aromatic carbocycles. The van der Waals surface area contributed by atoms with E-state index in [1.54, 1.807) is 0 Å². The zero-order chi connectivity index (χ0) is 14.7. The van der Waals surface area contributed by atoms with E-state index in [9.17, 15) is 0 Å². The summed E-state index contributed by atoms with van der Waals surface area (Å²) in [5.74, 6) is 1.93. The molecule has 1 fully saturated rings. The lowest BCUT2D eigenvalue weighted by atomic mass is 10.2. The molecule has 1 saturated carbocycles. The number of hydrogen-bond donors (Lipinski definition) is 1. The number of nitrogens with one attached hydrogen (secondary N) is 1. The topological polar surface area (TPSA) is 39.1 Å². The second-order valence-corrected chi connectivity index (χ2v) is 5.90. The fourth-order valence-electron chi connectivity index (χ4n) is 2.26. The Morgan fingerprint density at radius 2 is 2.29 bits per heavy atom. The Morgan fingerprint density at radius 1 is 1.43 bits per heavy atom. The second kappa shape index (κ2) is 6.50. The molecule has 2 aromatic rings. The van der Waals surface area contributed by atoms with Crippen molar-refractivity contribution in [3.8, 4) is 5.75 Å².